The van der Waals surface area contributed by atoms with Gasteiger partial charge in [0.25, 0.3) is 0 Å². The Kier molecular flexibility index (Phi) is 3.38. The fraction of sp³-hybridized carbons (Fsp3) is 0.167. The number of halogens is 1. The van der Waals surface area contributed by atoms with Crippen molar-refractivity contribution in [2.24, 2.45) is 5.84 Å². The minimum atomic E-state index is -0.300. The van der Waals surface area contributed by atoms with E-state index in [1.807, 2.05) is 6.92 Å². The average Bonchev–Trinajstić information content (AvgIpc) is 2.33. The van der Waals surface area contributed by atoms with Crippen LogP contribution in [0.2, 0.25) is 0 Å². The Morgan fingerprint density at radius 1 is 1.11 bits per heavy atom. The van der Waals surface area contributed by atoms with Gasteiger partial charge in [-0.3, -0.25) is 0 Å². The molecule has 0 fully saturated rings. The van der Waals surface area contributed by atoms with E-state index in [0.717, 1.165) is 5.56 Å². The van der Waals surface area contributed by atoms with Crippen molar-refractivity contribution < 1.29 is 4.39 Å². The van der Waals surface area contributed by atoms with Gasteiger partial charge >= 0.3 is 0 Å². The van der Waals surface area contributed by atoms with Crippen LogP contribution in [0.15, 0.2) is 24.3 Å². The van der Waals surface area contributed by atoms with Gasteiger partial charge in [0, 0.05) is 11.8 Å². The molecule has 0 aliphatic heterocycles. The molecule has 18 heavy (non-hydrogen) atoms. The molecule has 0 atom stereocenters. The van der Waals surface area contributed by atoms with Gasteiger partial charge in [-0.05, 0) is 31.5 Å². The van der Waals surface area contributed by atoms with Crippen LogP contribution in [0, 0.1) is 19.7 Å². The third-order valence-electron chi connectivity index (χ3n) is 2.45. The lowest BCUT2D eigenvalue weighted by Crippen LogP contribution is -2.10. The summed E-state index contributed by atoms with van der Waals surface area (Å²) >= 11 is 0. The Bertz CT molecular complexity index is 570. The predicted octanol–water partition coefficient (Wildman–Crippen LogP) is 2.26. The van der Waals surface area contributed by atoms with Crippen molar-refractivity contribution in [3.63, 3.8) is 0 Å². The summed E-state index contributed by atoms with van der Waals surface area (Å²) in [7, 11) is 0. The number of aryl methyl sites for hydroxylation is 2. The SMILES string of the molecule is Cc1nc(NN)cc(Nc2cc(F)ccc2C)n1. The number of nitrogens with one attached hydrogen (secondary N) is 2. The standard InChI is InChI=1S/C12H14FN5/c1-7-3-4-9(13)5-10(7)17-11-6-12(18-14)16-8(2)15-11/h3-6H,14H2,1-2H3,(H2,15,16,17,18). The molecule has 6 heteroatoms. The lowest BCUT2D eigenvalue weighted by Gasteiger charge is -2.10. The first-order valence-corrected chi connectivity index (χ1v) is 5.44. The monoisotopic (exact) mass is 247 g/mol. The maximum absolute atomic E-state index is 13.2. The highest BCUT2D eigenvalue weighted by atomic mass is 19.1. The summed E-state index contributed by atoms with van der Waals surface area (Å²) in [6.45, 7) is 3.64. The van der Waals surface area contributed by atoms with Crippen molar-refractivity contribution in [1.82, 2.24) is 9.97 Å². The average molecular weight is 247 g/mol. The van der Waals surface area contributed by atoms with Gasteiger partial charge in [0.1, 0.15) is 23.3 Å². The molecule has 0 spiro atoms. The van der Waals surface area contributed by atoms with Gasteiger partial charge in [0.15, 0.2) is 0 Å². The first kappa shape index (κ1) is 12.3. The summed E-state index contributed by atoms with van der Waals surface area (Å²) in [5.74, 6) is 6.64. The molecule has 0 bridgehead atoms. The number of aromatic nitrogens is 2. The second-order valence-electron chi connectivity index (χ2n) is 3.91. The first-order chi connectivity index (χ1) is 8.58. The van der Waals surface area contributed by atoms with E-state index in [0.29, 0.717) is 23.1 Å². The molecular weight excluding hydrogens is 233 g/mol. The third-order valence-corrected chi connectivity index (χ3v) is 2.45. The first-order valence-electron chi connectivity index (χ1n) is 5.44. The molecule has 0 saturated heterocycles. The van der Waals surface area contributed by atoms with E-state index < -0.39 is 0 Å². The summed E-state index contributed by atoms with van der Waals surface area (Å²) in [6, 6.07) is 6.19. The number of nitrogen functional groups attached to an aromatic ring is 1. The molecule has 2 aromatic rings. The highest BCUT2D eigenvalue weighted by Gasteiger charge is 2.04. The van der Waals surface area contributed by atoms with Crippen molar-refractivity contribution in [3.8, 4) is 0 Å². The van der Waals surface area contributed by atoms with Gasteiger partial charge < -0.3 is 10.7 Å². The van der Waals surface area contributed by atoms with E-state index in [2.05, 4.69) is 20.7 Å². The van der Waals surface area contributed by atoms with E-state index in [9.17, 15) is 4.39 Å². The summed E-state index contributed by atoms with van der Waals surface area (Å²) in [5, 5.41) is 3.04. The summed E-state index contributed by atoms with van der Waals surface area (Å²) in [4.78, 5) is 8.28. The van der Waals surface area contributed by atoms with Crippen molar-refractivity contribution in [2.45, 2.75) is 13.8 Å². The number of anilines is 3. The lowest BCUT2D eigenvalue weighted by atomic mass is 10.2. The number of hydrogen-bond acceptors (Lipinski definition) is 5. The van der Waals surface area contributed by atoms with E-state index in [-0.39, 0.29) is 5.82 Å². The normalized spacial score (nSPS) is 10.2. The zero-order chi connectivity index (χ0) is 13.1. The fourth-order valence-electron chi connectivity index (χ4n) is 1.57. The van der Waals surface area contributed by atoms with Crippen LogP contribution >= 0.6 is 0 Å². The Balaban J connectivity index is 2.33. The molecule has 1 aromatic heterocycles. The molecule has 0 aliphatic carbocycles. The van der Waals surface area contributed by atoms with Crippen LogP contribution < -0.4 is 16.6 Å². The van der Waals surface area contributed by atoms with Crippen LogP contribution in [-0.4, -0.2) is 9.97 Å². The number of nitrogens with zero attached hydrogens (tertiary/aromatic N) is 2. The van der Waals surface area contributed by atoms with E-state index in [1.54, 1.807) is 19.1 Å². The molecule has 0 unspecified atom stereocenters. The van der Waals surface area contributed by atoms with Crippen LogP contribution in [0.25, 0.3) is 0 Å². The smallest absolute Gasteiger partial charge is 0.145 e. The number of rotatable bonds is 3. The quantitative estimate of drug-likeness (QED) is 0.573. The molecule has 4 N–H and O–H groups in total. The van der Waals surface area contributed by atoms with Crippen LogP contribution in [0.1, 0.15) is 11.4 Å². The fourth-order valence-corrected chi connectivity index (χ4v) is 1.57. The Morgan fingerprint density at radius 2 is 1.83 bits per heavy atom. The third kappa shape index (κ3) is 2.72. The number of hydrogen-bond donors (Lipinski definition) is 3. The van der Waals surface area contributed by atoms with Gasteiger partial charge in [0.2, 0.25) is 0 Å². The number of nitrogens with two attached hydrogens (primary N) is 1. The molecule has 0 aliphatic rings. The highest BCUT2D eigenvalue weighted by Crippen LogP contribution is 2.21. The van der Waals surface area contributed by atoms with E-state index in [1.165, 1.54) is 12.1 Å². The second kappa shape index (κ2) is 4.97. The minimum absolute atomic E-state index is 0.300. The maximum atomic E-state index is 13.2. The van der Waals surface area contributed by atoms with Crippen LogP contribution in [-0.2, 0) is 0 Å². The van der Waals surface area contributed by atoms with E-state index >= 15 is 0 Å². The molecule has 1 aromatic carbocycles. The minimum Gasteiger partial charge on any atom is -0.340 e. The molecule has 0 radical (unpaired) electrons. The van der Waals surface area contributed by atoms with Gasteiger partial charge in [0.05, 0.1) is 0 Å². The Hall–Kier alpha value is -2.21. The van der Waals surface area contributed by atoms with Crippen LogP contribution in [0.3, 0.4) is 0 Å². The van der Waals surface area contributed by atoms with Crippen molar-refractivity contribution in [2.75, 3.05) is 10.7 Å². The van der Waals surface area contributed by atoms with Crippen LogP contribution in [0.4, 0.5) is 21.7 Å². The zero-order valence-corrected chi connectivity index (χ0v) is 10.2. The van der Waals surface area contributed by atoms with Crippen molar-refractivity contribution >= 4 is 17.3 Å². The van der Waals surface area contributed by atoms with Gasteiger partial charge in [-0.15, -0.1) is 0 Å². The Labute approximate surface area is 104 Å². The topological polar surface area (TPSA) is 75.9 Å². The van der Waals surface area contributed by atoms with Crippen molar-refractivity contribution in [1.29, 1.82) is 0 Å². The van der Waals surface area contributed by atoms with Crippen LogP contribution in [0.5, 0.6) is 0 Å². The Morgan fingerprint density at radius 3 is 2.56 bits per heavy atom. The molecule has 0 amide bonds. The molecule has 94 valence electrons. The van der Waals surface area contributed by atoms with Crippen molar-refractivity contribution in [3.05, 3.63) is 41.5 Å². The van der Waals surface area contributed by atoms with Gasteiger partial charge in [-0.1, -0.05) is 6.07 Å². The molecule has 1 heterocycles. The summed E-state index contributed by atoms with van der Waals surface area (Å²) < 4.78 is 13.2. The second-order valence-corrected chi connectivity index (χ2v) is 3.91. The lowest BCUT2D eigenvalue weighted by molar-refractivity contribution is 0.628. The number of benzene rings is 1. The highest BCUT2D eigenvalue weighted by molar-refractivity contribution is 5.62. The maximum Gasteiger partial charge on any atom is 0.145 e. The largest absolute Gasteiger partial charge is 0.340 e. The summed E-state index contributed by atoms with van der Waals surface area (Å²) in [5.41, 5.74) is 4.04. The number of hydrazine groups is 1. The molecule has 5 nitrogen and oxygen atoms in total. The van der Waals surface area contributed by atoms with Gasteiger partial charge in [-0.25, -0.2) is 20.2 Å². The summed E-state index contributed by atoms with van der Waals surface area (Å²) in [6.07, 6.45) is 0. The molecular formula is C12H14FN5. The zero-order valence-electron chi connectivity index (χ0n) is 10.2. The molecule has 2 rings (SSSR count). The predicted molar refractivity (Wildman–Crippen MR) is 69.0 cm³/mol. The van der Waals surface area contributed by atoms with Gasteiger partial charge in [-0.2, -0.15) is 0 Å². The molecule has 0 saturated carbocycles. The van der Waals surface area contributed by atoms with E-state index in [4.69, 9.17) is 5.84 Å².